The molecule has 0 fully saturated rings. The standard InChI is InChI=1S/C23H26N6O2S/c1-14-8-5-6-11-18(14)29-20(24)23(3)15(2)27-28-21(23)26-22(29)32-13-19(30)25-16-9-7-10-17(12-16)31-4/h5-12,21,24,28H,13H2,1-4H3,(H,25,30). The molecule has 2 unspecified atom stereocenters. The maximum absolute atomic E-state index is 12.7. The molecule has 0 aromatic heterocycles. The van der Waals surface area contributed by atoms with Gasteiger partial charge in [-0.25, -0.2) is 4.99 Å². The third-order valence-electron chi connectivity index (χ3n) is 5.84. The van der Waals surface area contributed by atoms with Gasteiger partial charge in [0.2, 0.25) is 5.91 Å². The van der Waals surface area contributed by atoms with Crippen LogP contribution in [0.2, 0.25) is 0 Å². The van der Waals surface area contributed by atoms with Crippen molar-refractivity contribution in [3.05, 3.63) is 54.1 Å². The van der Waals surface area contributed by atoms with E-state index in [0.717, 1.165) is 17.0 Å². The molecule has 3 N–H and O–H groups in total. The van der Waals surface area contributed by atoms with Gasteiger partial charge in [-0.15, -0.1) is 0 Å². The van der Waals surface area contributed by atoms with Gasteiger partial charge in [-0.2, -0.15) is 5.10 Å². The summed E-state index contributed by atoms with van der Waals surface area (Å²) in [5, 5.41) is 16.9. The third kappa shape index (κ3) is 3.84. The molecule has 2 aromatic rings. The van der Waals surface area contributed by atoms with Crippen LogP contribution in [-0.4, -0.2) is 41.7 Å². The number of fused-ring (bicyclic) bond motifs is 1. The number of ether oxygens (including phenoxy) is 1. The Balaban J connectivity index is 1.58. The van der Waals surface area contributed by atoms with Crippen LogP contribution in [0.3, 0.4) is 0 Å². The number of nitrogens with zero attached hydrogens (tertiary/aromatic N) is 3. The van der Waals surface area contributed by atoms with Crippen molar-refractivity contribution in [1.29, 1.82) is 5.41 Å². The van der Waals surface area contributed by atoms with Crippen LogP contribution in [0.4, 0.5) is 11.4 Å². The second-order valence-electron chi connectivity index (χ2n) is 7.88. The van der Waals surface area contributed by atoms with Gasteiger partial charge in [-0.1, -0.05) is 36.0 Å². The summed E-state index contributed by atoms with van der Waals surface area (Å²) in [5.74, 6) is 1.04. The maximum Gasteiger partial charge on any atom is 0.234 e. The summed E-state index contributed by atoms with van der Waals surface area (Å²) in [6, 6.07) is 15.1. The van der Waals surface area contributed by atoms with Gasteiger partial charge in [0.1, 0.15) is 17.0 Å². The molecule has 4 rings (SSSR count). The van der Waals surface area contributed by atoms with Crippen LogP contribution in [0.5, 0.6) is 5.75 Å². The van der Waals surface area contributed by atoms with Crippen molar-refractivity contribution in [3.8, 4) is 5.75 Å². The van der Waals surface area contributed by atoms with E-state index in [1.54, 1.807) is 13.2 Å². The van der Waals surface area contributed by atoms with Gasteiger partial charge < -0.3 is 10.1 Å². The predicted molar refractivity (Wildman–Crippen MR) is 131 cm³/mol. The van der Waals surface area contributed by atoms with Crippen molar-refractivity contribution in [2.75, 3.05) is 23.1 Å². The molecule has 2 aliphatic heterocycles. The van der Waals surface area contributed by atoms with E-state index in [4.69, 9.17) is 15.1 Å². The van der Waals surface area contributed by atoms with Crippen molar-refractivity contribution in [2.24, 2.45) is 15.5 Å². The number of amidine groups is 2. The lowest BCUT2D eigenvalue weighted by Gasteiger charge is -2.41. The lowest BCUT2D eigenvalue weighted by Crippen LogP contribution is -2.57. The highest BCUT2D eigenvalue weighted by atomic mass is 32.2. The van der Waals surface area contributed by atoms with E-state index in [0.29, 0.717) is 22.4 Å². The van der Waals surface area contributed by atoms with Gasteiger partial charge in [0.15, 0.2) is 11.3 Å². The first-order chi connectivity index (χ1) is 15.3. The summed E-state index contributed by atoms with van der Waals surface area (Å²) in [4.78, 5) is 19.3. The monoisotopic (exact) mass is 450 g/mol. The van der Waals surface area contributed by atoms with E-state index in [2.05, 4.69) is 15.8 Å². The first-order valence-electron chi connectivity index (χ1n) is 10.2. The molecule has 2 atom stereocenters. The van der Waals surface area contributed by atoms with E-state index < -0.39 is 5.41 Å². The number of amides is 1. The van der Waals surface area contributed by atoms with Crippen molar-refractivity contribution in [3.63, 3.8) is 0 Å². The molecule has 0 bridgehead atoms. The van der Waals surface area contributed by atoms with E-state index in [1.807, 2.05) is 68.1 Å². The van der Waals surface area contributed by atoms with Crippen molar-refractivity contribution < 1.29 is 9.53 Å². The number of anilines is 2. The molecule has 0 spiro atoms. The van der Waals surface area contributed by atoms with Crippen LogP contribution in [-0.2, 0) is 4.79 Å². The van der Waals surface area contributed by atoms with Crippen LogP contribution >= 0.6 is 11.8 Å². The zero-order valence-electron chi connectivity index (χ0n) is 18.5. The minimum Gasteiger partial charge on any atom is -0.497 e. The summed E-state index contributed by atoms with van der Waals surface area (Å²) in [6.45, 7) is 5.89. The van der Waals surface area contributed by atoms with E-state index in [-0.39, 0.29) is 17.8 Å². The number of aryl methyl sites for hydroxylation is 1. The molecule has 0 aliphatic carbocycles. The van der Waals surface area contributed by atoms with Crippen LogP contribution in [0.25, 0.3) is 0 Å². The Labute approximate surface area is 191 Å². The number of thioether (sulfide) groups is 1. The highest BCUT2D eigenvalue weighted by Crippen LogP contribution is 2.39. The molecular formula is C23H26N6O2S. The molecule has 9 heteroatoms. The number of hydrazone groups is 1. The second kappa shape index (κ2) is 8.66. The summed E-state index contributed by atoms with van der Waals surface area (Å²) >= 11 is 1.30. The number of nitrogens with one attached hydrogen (secondary N) is 3. The minimum atomic E-state index is -0.658. The molecular weight excluding hydrogens is 424 g/mol. The molecule has 2 aliphatic rings. The number of benzene rings is 2. The largest absolute Gasteiger partial charge is 0.497 e. The number of aliphatic imine (C=N–C) groups is 1. The zero-order chi connectivity index (χ0) is 22.9. The fourth-order valence-corrected chi connectivity index (χ4v) is 4.55. The first-order valence-corrected chi connectivity index (χ1v) is 11.2. The fraction of sp³-hybridized carbons (Fsp3) is 0.304. The van der Waals surface area contributed by atoms with Gasteiger partial charge >= 0.3 is 0 Å². The Kier molecular flexibility index (Phi) is 5.92. The molecule has 8 nitrogen and oxygen atoms in total. The number of para-hydroxylation sites is 1. The van der Waals surface area contributed by atoms with Crippen molar-refractivity contribution >= 4 is 45.8 Å². The summed E-state index contributed by atoms with van der Waals surface area (Å²) < 4.78 is 5.21. The van der Waals surface area contributed by atoms with Gasteiger partial charge in [0.25, 0.3) is 0 Å². The van der Waals surface area contributed by atoms with E-state index in [9.17, 15) is 4.79 Å². The number of carbonyl (C=O) groups excluding carboxylic acids is 1. The normalized spacial score (nSPS) is 21.9. The van der Waals surface area contributed by atoms with Crippen LogP contribution in [0.15, 0.2) is 58.6 Å². The summed E-state index contributed by atoms with van der Waals surface area (Å²) in [5.41, 5.74) is 5.76. The topological polar surface area (TPSA) is 102 Å². The highest BCUT2D eigenvalue weighted by Gasteiger charge is 2.52. The lowest BCUT2D eigenvalue weighted by atomic mass is 9.80. The molecule has 2 heterocycles. The Bertz CT molecular complexity index is 1130. The Hall–Kier alpha value is -3.33. The second-order valence-corrected chi connectivity index (χ2v) is 8.82. The predicted octanol–water partition coefficient (Wildman–Crippen LogP) is 3.84. The molecule has 166 valence electrons. The zero-order valence-corrected chi connectivity index (χ0v) is 19.3. The van der Waals surface area contributed by atoms with Gasteiger partial charge in [-0.05, 0) is 44.5 Å². The van der Waals surface area contributed by atoms with Gasteiger partial charge in [-0.3, -0.25) is 20.5 Å². The average molecular weight is 451 g/mol. The number of rotatable bonds is 5. The molecule has 32 heavy (non-hydrogen) atoms. The maximum atomic E-state index is 12.7. The third-order valence-corrected chi connectivity index (χ3v) is 6.79. The number of methoxy groups -OCH3 is 1. The molecule has 0 radical (unpaired) electrons. The Morgan fingerprint density at radius 1 is 1.28 bits per heavy atom. The van der Waals surface area contributed by atoms with Crippen molar-refractivity contribution in [2.45, 2.75) is 26.9 Å². The van der Waals surface area contributed by atoms with Crippen LogP contribution in [0.1, 0.15) is 19.4 Å². The molecule has 2 aromatic carbocycles. The molecule has 0 saturated heterocycles. The Morgan fingerprint density at radius 3 is 2.81 bits per heavy atom. The molecule has 1 amide bonds. The quantitative estimate of drug-likeness (QED) is 0.642. The fourth-order valence-electron chi connectivity index (χ4n) is 3.72. The molecule has 0 saturated carbocycles. The van der Waals surface area contributed by atoms with Crippen molar-refractivity contribution in [1.82, 2.24) is 5.43 Å². The van der Waals surface area contributed by atoms with Crippen LogP contribution in [0, 0.1) is 17.7 Å². The average Bonchev–Trinajstić information content (AvgIpc) is 3.08. The van der Waals surface area contributed by atoms with E-state index in [1.165, 1.54) is 11.8 Å². The summed E-state index contributed by atoms with van der Waals surface area (Å²) in [7, 11) is 1.59. The number of hydrogen-bond acceptors (Lipinski definition) is 7. The lowest BCUT2D eigenvalue weighted by molar-refractivity contribution is -0.113. The smallest absolute Gasteiger partial charge is 0.234 e. The number of carbonyl (C=O) groups is 1. The minimum absolute atomic E-state index is 0.148. The SMILES string of the molecule is COc1cccc(NC(=O)CSC2=NC3NN=C(C)C3(C)C(=N)N2c2ccccc2C)c1. The number of hydrogen-bond donors (Lipinski definition) is 3. The first kappa shape index (κ1) is 21.9. The Morgan fingerprint density at radius 2 is 2.06 bits per heavy atom. The van der Waals surface area contributed by atoms with Crippen LogP contribution < -0.4 is 20.4 Å². The summed E-state index contributed by atoms with van der Waals surface area (Å²) in [6.07, 6.45) is -0.376. The highest BCUT2D eigenvalue weighted by molar-refractivity contribution is 8.14. The van der Waals surface area contributed by atoms with E-state index >= 15 is 0 Å². The van der Waals surface area contributed by atoms with Gasteiger partial charge in [0, 0.05) is 11.8 Å². The van der Waals surface area contributed by atoms with Gasteiger partial charge in [0.05, 0.1) is 24.3 Å².